The third-order valence-electron chi connectivity index (χ3n) is 2.63. The Morgan fingerprint density at radius 2 is 1.74 bits per heavy atom. The van der Waals surface area contributed by atoms with Gasteiger partial charge in [0.05, 0.1) is 19.4 Å². The molecular weight excluding hydrogens is 429 g/mol. The highest BCUT2D eigenvalue weighted by atomic mass is 127. The molecule has 100 valence electrons. The summed E-state index contributed by atoms with van der Waals surface area (Å²) in [4.78, 5) is 0. The number of rotatable bonds is 2. The van der Waals surface area contributed by atoms with Gasteiger partial charge in [0.1, 0.15) is 11.6 Å². The van der Waals surface area contributed by atoms with Gasteiger partial charge in [-0.05, 0) is 69.2 Å². The second-order valence-corrected chi connectivity index (χ2v) is 6.08. The first-order chi connectivity index (χ1) is 8.88. The summed E-state index contributed by atoms with van der Waals surface area (Å²) in [5, 5.41) is 2.95. The van der Waals surface area contributed by atoms with Gasteiger partial charge in [0.15, 0.2) is 0 Å². The number of nitrogens with two attached hydrogens (primary N) is 1. The van der Waals surface area contributed by atoms with Gasteiger partial charge < -0.3 is 11.1 Å². The van der Waals surface area contributed by atoms with Gasteiger partial charge in [0.25, 0.3) is 0 Å². The zero-order chi connectivity index (χ0) is 14.2. The van der Waals surface area contributed by atoms with E-state index < -0.39 is 5.82 Å². The molecule has 2 rings (SSSR count). The first-order valence-electron chi connectivity index (χ1n) is 5.35. The van der Waals surface area contributed by atoms with E-state index in [-0.39, 0.29) is 5.82 Å². The molecule has 0 saturated carbocycles. The number of benzene rings is 2. The van der Waals surface area contributed by atoms with E-state index in [9.17, 15) is 8.78 Å². The van der Waals surface area contributed by atoms with Crippen LogP contribution < -0.4 is 11.1 Å². The first-order valence-corrected chi connectivity index (χ1v) is 7.23. The number of nitrogen functional groups attached to an aromatic ring is 1. The van der Waals surface area contributed by atoms with E-state index in [2.05, 4.69) is 21.2 Å². The standard InChI is InChI=1S/C13H10BrF2IN2/c1-6-2-7(14)8(15)3-12(6)19-13-4-9(16)10(17)5-11(13)18/h2-5,19H,18H2,1H3. The van der Waals surface area contributed by atoms with E-state index in [4.69, 9.17) is 5.73 Å². The summed E-state index contributed by atoms with van der Waals surface area (Å²) >= 11 is 4.98. The number of nitrogens with one attached hydrogen (secondary N) is 1. The van der Waals surface area contributed by atoms with Crippen LogP contribution in [0.25, 0.3) is 0 Å². The lowest BCUT2D eigenvalue weighted by Gasteiger charge is -2.13. The molecule has 0 bridgehead atoms. The van der Waals surface area contributed by atoms with Crippen LogP contribution in [0.15, 0.2) is 28.7 Å². The summed E-state index contributed by atoms with van der Waals surface area (Å²) in [6, 6.07) is 5.82. The van der Waals surface area contributed by atoms with Gasteiger partial charge in [0.2, 0.25) is 0 Å². The van der Waals surface area contributed by atoms with Crippen molar-refractivity contribution < 1.29 is 8.78 Å². The number of hydrogen-bond donors (Lipinski definition) is 2. The van der Waals surface area contributed by atoms with Crippen molar-refractivity contribution in [2.45, 2.75) is 6.92 Å². The third-order valence-corrected chi connectivity index (χ3v) is 4.06. The summed E-state index contributed by atoms with van der Waals surface area (Å²) in [6.45, 7) is 1.83. The van der Waals surface area contributed by atoms with E-state index in [1.807, 2.05) is 29.5 Å². The Kier molecular flexibility index (Phi) is 4.29. The van der Waals surface area contributed by atoms with Gasteiger partial charge in [-0.25, -0.2) is 8.78 Å². The molecule has 0 aromatic heterocycles. The molecule has 0 fully saturated rings. The van der Waals surface area contributed by atoms with Crippen LogP contribution in [0, 0.1) is 22.1 Å². The fourth-order valence-corrected chi connectivity index (χ4v) is 2.55. The Morgan fingerprint density at radius 3 is 2.42 bits per heavy atom. The Labute approximate surface area is 131 Å². The van der Waals surface area contributed by atoms with Crippen molar-refractivity contribution >= 4 is 55.6 Å². The van der Waals surface area contributed by atoms with Gasteiger partial charge in [-0.3, -0.25) is 0 Å². The zero-order valence-electron chi connectivity index (χ0n) is 9.90. The van der Waals surface area contributed by atoms with Crippen molar-refractivity contribution in [1.82, 2.24) is 0 Å². The van der Waals surface area contributed by atoms with E-state index in [0.717, 1.165) is 5.56 Å². The van der Waals surface area contributed by atoms with Crippen LogP contribution in [0.4, 0.5) is 25.8 Å². The van der Waals surface area contributed by atoms with Crippen LogP contribution >= 0.6 is 38.5 Å². The monoisotopic (exact) mass is 438 g/mol. The molecule has 0 unspecified atom stereocenters. The number of halogens is 4. The van der Waals surface area contributed by atoms with Crippen molar-refractivity contribution in [2.75, 3.05) is 11.1 Å². The van der Waals surface area contributed by atoms with Gasteiger partial charge in [-0.15, -0.1) is 0 Å². The molecule has 19 heavy (non-hydrogen) atoms. The highest BCUT2D eigenvalue weighted by molar-refractivity contribution is 14.1. The molecule has 0 aliphatic rings. The van der Waals surface area contributed by atoms with Gasteiger partial charge >= 0.3 is 0 Å². The molecule has 2 aromatic rings. The normalized spacial score (nSPS) is 10.6. The van der Waals surface area contributed by atoms with E-state index in [1.165, 1.54) is 18.2 Å². The van der Waals surface area contributed by atoms with Crippen LogP contribution in [0.2, 0.25) is 0 Å². The molecule has 0 saturated heterocycles. The van der Waals surface area contributed by atoms with Crippen LogP contribution in [-0.4, -0.2) is 0 Å². The lowest BCUT2D eigenvalue weighted by molar-refractivity contribution is 0.621. The van der Waals surface area contributed by atoms with E-state index >= 15 is 0 Å². The summed E-state index contributed by atoms with van der Waals surface area (Å²) < 4.78 is 27.9. The lowest BCUT2D eigenvalue weighted by Crippen LogP contribution is -2.00. The van der Waals surface area contributed by atoms with Gasteiger partial charge in [-0.2, -0.15) is 0 Å². The van der Waals surface area contributed by atoms with Crippen LogP contribution in [0.5, 0.6) is 0 Å². The Balaban J connectivity index is 2.42. The Morgan fingerprint density at radius 1 is 1.11 bits per heavy atom. The van der Waals surface area contributed by atoms with Gasteiger partial charge in [0, 0.05) is 11.8 Å². The summed E-state index contributed by atoms with van der Waals surface area (Å²) in [7, 11) is 0. The quantitative estimate of drug-likeness (QED) is 0.513. The largest absolute Gasteiger partial charge is 0.397 e. The number of anilines is 3. The van der Waals surface area contributed by atoms with Gasteiger partial charge in [-0.1, -0.05) is 0 Å². The maximum atomic E-state index is 13.5. The van der Waals surface area contributed by atoms with Crippen LogP contribution in [0.3, 0.4) is 0 Å². The SMILES string of the molecule is Cc1cc(Br)c(F)cc1Nc1cc(F)c(I)cc1N. The average Bonchev–Trinajstić information content (AvgIpc) is 2.32. The summed E-state index contributed by atoms with van der Waals surface area (Å²) in [5.74, 6) is -0.759. The number of aryl methyl sites for hydroxylation is 1. The van der Waals surface area contributed by atoms with Crippen molar-refractivity contribution in [3.8, 4) is 0 Å². The fraction of sp³-hybridized carbons (Fsp3) is 0.0769. The molecule has 0 aliphatic heterocycles. The maximum Gasteiger partial charge on any atom is 0.139 e. The van der Waals surface area contributed by atoms with E-state index in [0.29, 0.717) is 25.1 Å². The topological polar surface area (TPSA) is 38.0 Å². The Bertz CT molecular complexity index is 592. The molecular formula is C13H10BrF2IN2. The summed E-state index contributed by atoms with van der Waals surface area (Å²) in [6.07, 6.45) is 0. The van der Waals surface area contributed by atoms with Crippen molar-refractivity contribution in [2.24, 2.45) is 0 Å². The second-order valence-electron chi connectivity index (χ2n) is 4.06. The Hall–Kier alpha value is -0.890. The highest BCUT2D eigenvalue weighted by Gasteiger charge is 2.09. The molecule has 0 heterocycles. The molecule has 0 spiro atoms. The van der Waals surface area contributed by atoms with Crippen LogP contribution in [-0.2, 0) is 0 Å². The van der Waals surface area contributed by atoms with Crippen LogP contribution in [0.1, 0.15) is 5.56 Å². The lowest BCUT2D eigenvalue weighted by atomic mass is 10.1. The van der Waals surface area contributed by atoms with Crippen molar-refractivity contribution in [3.63, 3.8) is 0 Å². The molecule has 0 atom stereocenters. The molecule has 0 radical (unpaired) electrons. The molecule has 3 N–H and O–H groups in total. The maximum absolute atomic E-state index is 13.5. The smallest absolute Gasteiger partial charge is 0.139 e. The zero-order valence-corrected chi connectivity index (χ0v) is 13.6. The minimum Gasteiger partial charge on any atom is -0.397 e. The predicted octanol–water partition coefficient (Wildman–Crippen LogP) is 4.97. The molecule has 2 aromatic carbocycles. The third kappa shape index (κ3) is 3.17. The minimum absolute atomic E-state index is 0.368. The molecule has 0 aliphatic carbocycles. The molecule has 6 heteroatoms. The minimum atomic E-state index is -0.391. The van der Waals surface area contributed by atoms with Crippen molar-refractivity contribution in [3.05, 3.63) is 49.5 Å². The molecule has 2 nitrogen and oxygen atoms in total. The second kappa shape index (κ2) is 5.62. The molecule has 0 amide bonds. The van der Waals surface area contributed by atoms with Crippen molar-refractivity contribution in [1.29, 1.82) is 0 Å². The number of hydrogen-bond acceptors (Lipinski definition) is 2. The highest BCUT2D eigenvalue weighted by Crippen LogP contribution is 2.30. The predicted molar refractivity (Wildman–Crippen MR) is 85.6 cm³/mol. The average molecular weight is 439 g/mol. The fourth-order valence-electron chi connectivity index (χ4n) is 1.60. The first kappa shape index (κ1) is 14.5. The van der Waals surface area contributed by atoms with E-state index in [1.54, 1.807) is 6.07 Å². The summed E-state index contributed by atoms with van der Waals surface area (Å²) in [5.41, 5.74) is 8.02.